The van der Waals surface area contributed by atoms with Crippen molar-refractivity contribution >= 4 is 11.8 Å². The standard InChI is InChI=1S/C19H23N3O2/c20-14-19(10-4-11-19)18(24)21-16-9-12-22(13-16)17(23)8-7-15-5-2-1-3-6-15/h1-3,5-6,16H,4,7-13H2,(H,21,24)/t16-/m0/s1. The number of hydrogen-bond donors (Lipinski definition) is 1. The number of nitriles is 1. The number of carbonyl (C=O) groups is 2. The smallest absolute Gasteiger partial charge is 0.240 e. The van der Waals surface area contributed by atoms with Crippen molar-refractivity contribution in [1.82, 2.24) is 10.2 Å². The van der Waals surface area contributed by atoms with E-state index in [1.165, 1.54) is 0 Å². The summed E-state index contributed by atoms with van der Waals surface area (Å²) in [4.78, 5) is 26.4. The van der Waals surface area contributed by atoms with Gasteiger partial charge in [0.25, 0.3) is 0 Å². The fourth-order valence-corrected chi connectivity index (χ4v) is 3.40. The zero-order chi connectivity index (χ0) is 17.0. The molecule has 1 saturated heterocycles. The molecule has 1 atom stereocenters. The highest BCUT2D eigenvalue weighted by molar-refractivity contribution is 5.86. The molecule has 126 valence electrons. The number of amides is 2. The Labute approximate surface area is 142 Å². The molecule has 1 aliphatic heterocycles. The number of aryl methyl sites for hydroxylation is 1. The number of carbonyl (C=O) groups excluding carboxylic acids is 2. The van der Waals surface area contributed by atoms with Crippen LogP contribution in [-0.4, -0.2) is 35.8 Å². The van der Waals surface area contributed by atoms with Crippen LogP contribution in [0.25, 0.3) is 0 Å². The summed E-state index contributed by atoms with van der Waals surface area (Å²) < 4.78 is 0. The maximum absolute atomic E-state index is 12.3. The molecule has 0 aromatic heterocycles. The summed E-state index contributed by atoms with van der Waals surface area (Å²) in [5, 5.41) is 12.2. The molecule has 1 aromatic rings. The summed E-state index contributed by atoms with van der Waals surface area (Å²) in [6.45, 7) is 1.24. The third-order valence-corrected chi connectivity index (χ3v) is 5.20. The Morgan fingerprint density at radius 3 is 2.67 bits per heavy atom. The molecule has 1 aromatic carbocycles. The molecule has 1 saturated carbocycles. The van der Waals surface area contributed by atoms with Gasteiger partial charge in [-0.05, 0) is 37.7 Å². The third-order valence-electron chi connectivity index (χ3n) is 5.20. The average Bonchev–Trinajstić information content (AvgIpc) is 3.01. The van der Waals surface area contributed by atoms with Gasteiger partial charge in [0.15, 0.2) is 0 Å². The number of likely N-dealkylation sites (tertiary alicyclic amines) is 1. The van der Waals surface area contributed by atoms with Crippen molar-refractivity contribution < 1.29 is 9.59 Å². The molecule has 0 bridgehead atoms. The summed E-state index contributed by atoms with van der Waals surface area (Å²) in [6, 6.07) is 12.1. The minimum Gasteiger partial charge on any atom is -0.350 e. The van der Waals surface area contributed by atoms with Crippen LogP contribution in [0.15, 0.2) is 30.3 Å². The lowest BCUT2D eigenvalue weighted by Crippen LogP contribution is -2.49. The van der Waals surface area contributed by atoms with Crippen molar-refractivity contribution in [3.63, 3.8) is 0 Å². The first-order valence-corrected chi connectivity index (χ1v) is 8.67. The summed E-state index contributed by atoms with van der Waals surface area (Å²) in [5.41, 5.74) is 0.348. The van der Waals surface area contributed by atoms with Crippen LogP contribution in [0, 0.1) is 16.7 Å². The lowest BCUT2D eigenvalue weighted by molar-refractivity contribution is -0.133. The second-order valence-corrected chi connectivity index (χ2v) is 6.83. The summed E-state index contributed by atoms with van der Waals surface area (Å²) in [5.74, 6) is -0.0194. The van der Waals surface area contributed by atoms with E-state index in [1.807, 2.05) is 35.2 Å². The fourth-order valence-electron chi connectivity index (χ4n) is 3.40. The molecule has 2 aliphatic rings. The SMILES string of the molecule is N#CC1(C(=O)N[C@H]2CCN(C(=O)CCc3ccccc3)C2)CCC1. The first-order valence-electron chi connectivity index (χ1n) is 8.67. The first kappa shape index (κ1) is 16.5. The van der Waals surface area contributed by atoms with Gasteiger partial charge >= 0.3 is 0 Å². The van der Waals surface area contributed by atoms with Gasteiger partial charge in [-0.2, -0.15) is 5.26 Å². The summed E-state index contributed by atoms with van der Waals surface area (Å²) >= 11 is 0. The Kier molecular flexibility index (Phi) is 4.84. The Morgan fingerprint density at radius 2 is 2.04 bits per heavy atom. The molecular formula is C19H23N3O2. The Morgan fingerprint density at radius 1 is 1.29 bits per heavy atom. The van der Waals surface area contributed by atoms with E-state index in [0.717, 1.165) is 24.8 Å². The van der Waals surface area contributed by atoms with E-state index in [1.54, 1.807) is 0 Å². The highest BCUT2D eigenvalue weighted by atomic mass is 16.2. The van der Waals surface area contributed by atoms with Crippen LogP contribution in [-0.2, 0) is 16.0 Å². The number of nitrogens with zero attached hydrogens (tertiary/aromatic N) is 2. The van der Waals surface area contributed by atoms with Crippen LogP contribution in [0.3, 0.4) is 0 Å². The number of benzene rings is 1. The van der Waals surface area contributed by atoms with Gasteiger partial charge in [0.05, 0.1) is 6.07 Å². The Bertz CT molecular complexity index is 646. The zero-order valence-electron chi connectivity index (χ0n) is 13.8. The molecule has 0 radical (unpaired) electrons. The van der Waals surface area contributed by atoms with Crippen LogP contribution in [0.1, 0.15) is 37.7 Å². The van der Waals surface area contributed by atoms with Gasteiger partial charge in [-0.25, -0.2) is 0 Å². The Hall–Kier alpha value is -2.35. The van der Waals surface area contributed by atoms with Crippen molar-refractivity contribution in [2.24, 2.45) is 5.41 Å². The van der Waals surface area contributed by atoms with Crippen LogP contribution >= 0.6 is 0 Å². The van der Waals surface area contributed by atoms with Gasteiger partial charge in [-0.15, -0.1) is 0 Å². The van der Waals surface area contributed by atoms with Crippen molar-refractivity contribution in [2.75, 3.05) is 13.1 Å². The lowest BCUT2D eigenvalue weighted by atomic mass is 9.69. The normalized spacial score (nSPS) is 21.6. The molecule has 2 fully saturated rings. The zero-order valence-corrected chi connectivity index (χ0v) is 13.8. The molecular weight excluding hydrogens is 302 g/mol. The molecule has 0 spiro atoms. The van der Waals surface area contributed by atoms with E-state index in [0.29, 0.717) is 32.4 Å². The number of nitrogens with one attached hydrogen (secondary N) is 1. The molecule has 1 aliphatic carbocycles. The van der Waals surface area contributed by atoms with E-state index in [-0.39, 0.29) is 17.9 Å². The fraction of sp³-hybridized carbons (Fsp3) is 0.526. The van der Waals surface area contributed by atoms with E-state index in [2.05, 4.69) is 11.4 Å². The van der Waals surface area contributed by atoms with Gasteiger partial charge < -0.3 is 10.2 Å². The highest BCUT2D eigenvalue weighted by Crippen LogP contribution is 2.40. The maximum Gasteiger partial charge on any atom is 0.240 e. The van der Waals surface area contributed by atoms with Crippen molar-refractivity contribution in [3.8, 4) is 6.07 Å². The minimum atomic E-state index is -0.815. The maximum atomic E-state index is 12.3. The largest absolute Gasteiger partial charge is 0.350 e. The third kappa shape index (κ3) is 3.43. The molecule has 24 heavy (non-hydrogen) atoms. The van der Waals surface area contributed by atoms with Crippen molar-refractivity contribution in [1.29, 1.82) is 5.26 Å². The minimum absolute atomic E-state index is 0.0241. The quantitative estimate of drug-likeness (QED) is 0.900. The molecule has 5 nitrogen and oxygen atoms in total. The lowest BCUT2D eigenvalue weighted by Gasteiger charge is -2.34. The number of rotatable bonds is 5. The van der Waals surface area contributed by atoms with Gasteiger partial charge in [0.1, 0.15) is 5.41 Å². The predicted octanol–water partition coefficient (Wildman–Crippen LogP) is 2.03. The first-order chi connectivity index (χ1) is 11.6. The van der Waals surface area contributed by atoms with E-state index < -0.39 is 5.41 Å². The molecule has 2 amide bonds. The second-order valence-electron chi connectivity index (χ2n) is 6.83. The van der Waals surface area contributed by atoms with Crippen LogP contribution in [0.4, 0.5) is 0 Å². The Balaban J connectivity index is 1.46. The van der Waals surface area contributed by atoms with E-state index in [4.69, 9.17) is 0 Å². The van der Waals surface area contributed by atoms with Gasteiger partial charge in [0.2, 0.25) is 11.8 Å². The second kappa shape index (κ2) is 7.04. The average molecular weight is 325 g/mol. The van der Waals surface area contributed by atoms with Crippen molar-refractivity contribution in [2.45, 2.75) is 44.6 Å². The van der Waals surface area contributed by atoms with Gasteiger partial charge in [-0.1, -0.05) is 30.3 Å². The molecule has 1 heterocycles. The van der Waals surface area contributed by atoms with E-state index in [9.17, 15) is 14.9 Å². The molecule has 5 heteroatoms. The molecule has 1 N–H and O–H groups in total. The topological polar surface area (TPSA) is 73.2 Å². The van der Waals surface area contributed by atoms with Crippen LogP contribution in [0.5, 0.6) is 0 Å². The number of hydrogen-bond acceptors (Lipinski definition) is 3. The molecule has 3 rings (SSSR count). The van der Waals surface area contributed by atoms with Crippen LogP contribution in [0.2, 0.25) is 0 Å². The highest BCUT2D eigenvalue weighted by Gasteiger charge is 2.45. The van der Waals surface area contributed by atoms with Gasteiger partial charge in [0, 0.05) is 25.6 Å². The summed E-state index contributed by atoms with van der Waals surface area (Å²) in [6.07, 6.45) is 4.25. The monoisotopic (exact) mass is 325 g/mol. The summed E-state index contributed by atoms with van der Waals surface area (Å²) in [7, 11) is 0. The van der Waals surface area contributed by atoms with E-state index >= 15 is 0 Å². The van der Waals surface area contributed by atoms with Crippen molar-refractivity contribution in [3.05, 3.63) is 35.9 Å². The predicted molar refractivity (Wildman–Crippen MR) is 89.8 cm³/mol. The molecule has 0 unspecified atom stereocenters. The van der Waals surface area contributed by atoms with Crippen LogP contribution < -0.4 is 5.32 Å². The van der Waals surface area contributed by atoms with Gasteiger partial charge in [-0.3, -0.25) is 9.59 Å².